The van der Waals surface area contributed by atoms with Crippen molar-refractivity contribution in [3.05, 3.63) is 119 Å². The highest BCUT2D eigenvalue weighted by Gasteiger charge is 2.11. The van der Waals surface area contributed by atoms with Crippen molar-refractivity contribution in [1.82, 2.24) is 5.32 Å². The Morgan fingerprint density at radius 2 is 1.45 bits per heavy atom. The first kappa shape index (κ1) is 24.1. The maximum atomic E-state index is 14.3. The summed E-state index contributed by atoms with van der Waals surface area (Å²) in [6.07, 6.45) is 4.58. The molecule has 0 saturated heterocycles. The molecular weight excluding hydrogens is 413 g/mol. The van der Waals surface area contributed by atoms with Gasteiger partial charge in [0.15, 0.2) is 0 Å². The van der Waals surface area contributed by atoms with Crippen LogP contribution in [0.4, 0.5) is 4.39 Å². The van der Waals surface area contributed by atoms with E-state index in [1.54, 1.807) is 6.07 Å². The Kier molecular flexibility index (Phi) is 9.13. The van der Waals surface area contributed by atoms with Crippen LogP contribution in [-0.4, -0.2) is 16.8 Å². The van der Waals surface area contributed by atoms with E-state index in [1.807, 2.05) is 72.8 Å². The Morgan fingerprint density at radius 3 is 2.12 bits per heavy atom. The number of benzene rings is 3. The summed E-state index contributed by atoms with van der Waals surface area (Å²) in [5.74, 6) is 0.221. The zero-order chi connectivity index (χ0) is 23.5. The van der Waals surface area contributed by atoms with Crippen LogP contribution in [0.1, 0.15) is 47.9 Å². The lowest BCUT2D eigenvalue weighted by Crippen LogP contribution is -2.16. The molecule has 172 valence electrons. The molecule has 0 unspecified atom stereocenters. The number of nitrogens with one attached hydrogen (secondary N) is 1. The first-order chi connectivity index (χ1) is 16.0. The standard InChI is InChI=1S/C29H32FNO2/c1-22(32)11-8-9-12-23-18-19-27(30)26(21-23)17-10-20-31-28(24-13-4-2-5-14-24)29(33)25-15-6-3-7-16-25/h2-7,13-16,18-19,21,31-33H,1,8-12,17,20H2/b29-28-. The third kappa shape index (κ3) is 7.53. The van der Waals surface area contributed by atoms with Crippen molar-refractivity contribution in [1.29, 1.82) is 0 Å². The molecule has 0 aliphatic carbocycles. The fraction of sp³-hybridized carbons (Fsp3) is 0.241. The number of allylic oxidation sites excluding steroid dienone is 1. The third-order valence-electron chi connectivity index (χ3n) is 5.56. The highest BCUT2D eigenvalue weighted by Crippen LogP contribution is 2.22. The van der Waals surface area contributed by atoms with Crippen molar-refractivity contribution in [3.63, 3.8) is 0 Å². The molecule has 0 heterocycles. The van der Waals surface area contributed by atoms with Gasteiger partial charge < -0.3 is 15.5 Å². The van der Waals surface area contributed by atoms with Crippen LogP contribution in [0.2, 0.25) is 0 Å². The Bertz CT molecular complexity index is 1060. The predicted octanol–water partition coefficient (Wildman–Crippen LogP) is 7.22. The van der Waals surface area contributed by atoms with Gasteiger partial charge in [-0.3, -0.25) is 0 Å². The van der Waals surface area contributed by atoms with Gasteiger partial charge in [0.1, 0.15) is 11.6 Å². The van der Waals surface area contributed by atoms with Crippen LogP contribution in [0.3, 0.4) is 0 Å². The van der Waals surface area contributed by atoms with Gasteiger partial charge in [-0.1, -0.05) is 79.4 Å². The molecule has 0 bridgehead atoms. The summed E-state index contributed by atoms with van der Waals surface area (Å²) in [6, 6.07) is 24.5. The normalized spacial score (nSPS) is 11.7. The summed E-state index contributed by atoms with van der Waals surface area (Å²) < 4.78 is 14.3. The Labute approximate surface area is 195 Å². The first-order valence-electron chi connectivity index (χ1n) is 11.5. The molecular formula is C29H32FNO2. The van der Waals surface area contributed by atoms with Crippen molar-refractivity contribution in [2.75, 3.05) is 6.54 Å². The monoisotopic (exact) mass is 445 g/mol. The van der Waals surface area contributed by atoms with Crippen molar-refractivity contribution in [2.45, 2.75) is 38.5 Å². The lowest BCUT2D eigenvalue weighted by Gasteiger charge is -2.15. The van der Waals surface area contributed by atoms with Gasteiger partial charge in [0, 0.05) is 24.1 Å². The molecule has 0 atom stereocenters. The smallest absolute Gasteiger partial charge is 0.146 e. The Balaban J connectivity index is 1.62. The first-order valence-corrected chi connectivity index (χ1v) is 11.5. The van der Waals surface area contributed by atoms with Gasteiger partial charge in [-0.15, -0.1) is 0 Å². The lowest BCUT2D eigenvalue weighted by atomic mass is 10.0. The van der Waals surface area contributed by atoms with Crippen LogP contribution in [-0.2, 0) is 12.8 Å². The second-order valence-corrected chi connectivity index (χ2v) is 8.19. The van der Waals surface area contributed by atoms with Crippen molar-refractivity contribution in [3.8, 4) is 0 Å². The van der Waals surface area contributed by atoms with E-state index in [1.165, 1.54) is 0 Å². The number of unbranched alkanes of at least 4 members (excludes halogenated alkanes) is 1. The van der Waals surface area contributed by atoms with Gasteiger partial charge in [0.25, 0.3) is 0 Å². The summed E-state index contributed by atoms with van der Waals surface area (Å²) >= 11 is 0. The molecule has 0 amide bonds. The summed E-state index contributed by atoms with van der Waals surface area (Å²) in [5, 5.41) is 23.5. The van der Waals surface area contributed by atoms with Gasteiger partial charge in [0.2, 0.25) is 0 Å². The average molecular weight is 446 g/mol. The number of rotatable bonds is 12. The van der Waals surface area contributed by atoms with Crippen LogP contribution >= 0.6 is 0 Å². The van der Waals surface area contributed by atoms with Gasteiger partial charge in [-0.05, 0) is 49.3 Å². The van der Waals surface area contributed by atoms with Crippen LogP contribution in [0, 0.1) is 5.82 Å². The van der Waals surface area contributed by atoms with Gasteiger partial charge in [-0.2, -0.15) is 0 Å². The van der Waals surface area contributed by atoms with Crippen LogP contribution < -0.4 is 5.32 Å². The van der Waals surface area contributed by atoms with Crippen LogP contribution in [0.15, 0.2) is 91.2 Å². The van der Waals surface area contributed by atoms with E-state index in [2.05, 4.69) is 11.9 Å². The third-order valence-corrected chi connectivity index (χ3v) is 5.56. The highest BCUT2D eigenvalue weighted by atomic mass is 19.1. The molecule has 3 N–H and O–H groups in total. The number of halogens is 1. The topological polar surface area (TPSA) is 52.5 Å². The van der Waals surface area contributed by atoms with Crippen LogP contribution in [0.25, 0.3) is 11.5 Å². The van der Waals surface area contributed by atoms with Gasteiger partial charge >= 0.3 is 0 Å². The minimum absolute atomic E-state index is 0.187. The number of aryl methyl sites for hydroxylation is 2. The molecule has 0 spiro atoms. The maximum absolute atomic E-state index is 14.3. The second-order valence-electron chi connectivity index (χ2n) is 8.19. The fourth-order valence-electron chi connectivity index (χ4n) is 3.79. The van der Waals surface area contributed by atoms with Gasteiger partial charge in [-0.25, -0.2) is 4.39 Å². The molecule has 0 saturated carbocycles. The largest absolute Gasteiger partial charge is 0.513 e. The van der Waals surface area contributed by atoms with Crippen molar-refractivity contribution >= 4 is 11.5 Å². The minimum atomic E-state index is -0.187. The molecule has 0 aliphatic heterocycles. The SMILES string of the molecule is C=C(O)CCCCc1ccc(F)c(CCCN/C(=C(\O)c2ccccc2)c2ccccc2)c1. The molecule has 0 fully saturated rings. The molecule has 3 rings (SSSR count). The molecule has 0 aliphatic rings. The molecule has 4 heteroatoms. The van der Waals surface area contributed by atoms with E-state index >= 15 is 0 Å². The average Bonchev–Trinajstić information content (AvgIpc) is 2.84. The van der Waals surface area contributed by atoms with Crippen LogP contribution in [0.5, 0.6) is 0 Å². The molecule has 3 nitrogen and oxygen atoms in total. The quantitative estimate of drug-likeness (QED) is 0.157. The van der Waals surface area contributed by atoms with Crippen molar-refractivity contribution < 1.29 is 14.6 Å². The van der Waals surface area contributed by atoms with E-state index in [0.717, 1.165) is 42.4 Å². The molecule has 3 aromatic carbocycles. The summed E-state index contributed by atoms with van der Waals surface area (Å²) in [5.41, 5.74) is 4.12. The fourth-order valence-corrected chi connectivity index (χ4v) is 3.79. The summed E-state index contributed by atoms with van der Waals surface area (Å²) in [7, 11) is 0. The molecule has 33 heavy (non-hydrogen) atoms. The van der Waals surface area contributed by atoms with E-state index in [0.29, 0.717) is 30.6 Å². The molecule has 0 aromatic heterocycles. The highest BCUT2D eigenvalue weighted by molar-refractivity contribution is 5.85. The molecule has 3 aromatic rings. The van der Waals surface area contributed by atoms with Gasteiger partial charge in [0.05, 0.1) is 11.5 Å². The second kappa shape index (κ2) is 12.5. The number of aliphatic hydroxyl groups excluding tert-OH is 2. The van der Waals surface area contributed by atoms with E-state index in [4.69, 9.17) is 0 Å². The minimum Gasteiger partial charge on any atom is -0.513 e. The zero-order valence-electron chi connectivity index (χ0n) is 18.9. The number of hydrogen-bond acceptors (Lipinski definition) is 3. The van der Waals surface area contributed by atoms with Crippen molar-refractivity contribution in [2.24, 2.45) is 0 Å². The van der Waals surface area contributed by atoms with E-state index < -0.39 is 0 Å². The Hall–Kier alpha value is -3.53. The zero-order valence-corrected chi connectivity index (χ0v) is 18.9. The Morgan fingerprint density at radius 1 is 0.788 bits per heavy atom. The lowest BCUT2D eigenvalue weighted by molar-refractivity contribution is 0.385. The predicted molar refractivity (Wildman–Crippen MR) is 134 cm³/mol. The maximum Gasteiger partial charge on any atom is 0.146 e. The molecule has 0 radical (unpaired) electrons. The summed E-state index contributed by atoms with van der Waals surface area (Å²) in [6.45, 7) is 4.11. The number of aliphatic hydroxyl groups is 2. The van der Waals surface area contributed by atoms with E-state index in [-0.39, 0.29) is 17.3 Å². The number of hydrogen-bond donors (Lipinski definition) is 3. The van der Waals surface area contributed by atoms with E-state index in [9.17, 15) is 14.6 Å². The summed E-state index contributed by atoms with van der Waals surface area (Å²) in [4.78, 5) is 0.